The highest BCUT2D eigenvalue weighted by Crippen LogP contribution is 2.44. The highest BCUT2D eigenvalue weighted by molar-refractivity contribution is 5.79. The van der Waals surface area contributed by atoms with E-state index in [1.54, 1.807) is 0 Å². The molecule has 2 saturated heterocycles. The van der Waals surface area contributed by atoms with Gasteiger partial charge in [-0.3, -0.25) is 4.79 Å². The third-order valence-corrected chi connectivity index (χ3v) is 7.05. The lowest BCUT2D eigenvalue weighted by Gasteiger charge is -2.53. The molecule has 2 fully saturated rings. The van der Waals surface area contributed by atoms with E-state index in [9.17, 15) is 22.8 Å². The van der Waals surface area contributed by atoms with Gasteiger partial charge in [0.05, 0.1) is 12.5 Å². The maximum atomic E-state index is 13.4. The molecular weight excluding hydrogens is 489 g/mol. The fourth-order valence-corrected chi connectivity index (χ4v) is 5.01. The second-order valence-electron chi connectivity index (χ2n) is 10.3. The summed E-state index contributed by atoms with van der Waals surface area (Å²) in [4.78, 5) is 39.0. The van der Waals surface area contributed by atoms with Gasteiger partial charge >= 0.3 is 18.2 Å². The Hall–Kier alpha value is -2.82. The van der Waals surface area contributed by atoms with Crippen LogP contribution < -0.4 is 10.6 Å². The number of hydrogen-bond acceptors (Lipinski definition) is 4. The average Bonchev–Trinajstić information content (AvgIpc) is 2.81. The van der Waals surface area contributed by atoms with Crippen molar-refractivity contribution in [2.45, 2.75) is 71.1 Å². The zero-order valence-corrected chi connectivity index (χ0v) is 22.0. The fraction of sp³-hybridized carbons (Fsp3) is 0.654. The number of nitrogens with one attached hydrogen (secondary N) is 2. The van der Waals surface area contributed by atoms with Crippen LogP contribution in [0.4, 0.5) is 18.0 Å². The first-order chi connectivity index (χ1) is 17.2. The highest BCUT2D eigenvalue weighted by Gasteiger charge is 2.47. The quantitative estimate of drug-likeness (QED) is 0.542. The van der Waals surface area contributed by atoms with E-state index in [1.807, 2.05) is 26.0 Å². The molecule has 1 unspecified atom stereocenters. The van der Waals surface area contributed by atoms with Crippen LogP contribution in [0.3, 0.4) is 0 Å². The maximum Gasteiger partial charge on any atom is 0.490 e. The monoisotopic (exact) mass is 528 g/mol. The number of rotatable bonds is 5. The van der Waals surface area contributed by atoms with Gasteiger partial charge in [-0.25, -0.2) is 9.59 Å². The first-order valence-electron chi connectivity index (χ1n) is 12.6. The molecule has 2 aliphatic rings. The number of piperidine rings is 2. The molecule has 0 aromatic heterocycles. The number of aryl methyl sites for hydroxylation is 1. The van der Waals surface area contributed by atoms with Crippen LogP contribution in [0.25, 0.3) is 0 Å². The highest BCUT2D eigenvalue weighted by atomic mass is 19.4. The number of benzene rings is 1. The Kier molecular flexibility index (Phi) is 10.8. The van der Waals surface area contributed by atoms with Crippen LogP contribution in [-0.2, 0) is 16.0 Å². The Balaban J connectivity index is 0.000000604. The number of alkyl halides is 3. The van der Waals surface area contributed by atoms with Crippen LogP contribution in [0.1, 0.15) is 50.7 Å². The average molecular weight is 529 g/mol. The molecule has 208 valence electrons. The Morgan fingerprint density at radius 1 is 1.08 bits per heavy atom. The summed E-state index contributed by atoms with van der Waals surface area (Å²) in [6.07, 6.45) is -0.331. The summed E-state index contributed by atoms with van der Waals surface area (Å²) in [5.41, 5.74) is 2.35. The molecule has 2 aliphatic heterocycles. The van der Waals surface area contributed by atoms with Crippen molar-refractivity contribution in [3.8, 4) is 0 Å². The number of hydrogen-bond donors (Lipinski definition) is 3. The largest absolute Gasteiger partial charge is 0.490 e. The van der Waals surface area contributed by atoms with E-state index in [1.165, 1.54) is 5.56 Å². The lowest BCUT2D eigenvalue weighted by atomic mass is 9.66. The summed E-state index contributed by atoms with van der Waals surface area (Å²) in [7, 11) is 2.17. The van der Waals surface area contributed by atoms with E-state index in [4.69, 9.17) is 9.90 Å². The van der Waals surface area contributed by atoms with E-state index in [2.05, 4.69) is 46.5 Å². The fourth-order valence-electron chi connectivity index (χ4n) is 5.01. The number of carbonyl (C=O) groups is 3. The van der Waals surface area contributed by atoms with Gasteiger partial charge in [0, 0.05) is 19.1 Å². The van der Waals surface area contributed by atoms with Crippen molar-refractivity contribution in [1.82, 2.24) is 20.4 Å². The zero-order chi connectivity index (χ0) is 27.8. The van der Waals surface area contributed by atoms with Gasteiger partial charge in [0.25, 0.3) is 0 Å². The van der Waals surface area contributed by atoms with Crippen molar-refractivity contribution >= 4 is 17.9 Å². The first kappa shape index (κ1) is 30.4. The lowest BCUT2D eigenvalue weighted by molar-refractivity contribution is -0.192. The van der Waals surface area contributed by atoms with Gasteiger partial charge in [-0.05, 0) is 77.6 Å². The molecule has 0 saturated carbocycles. The molecule has 1 aromatic carbocycles. The summed E-state index contributed by atoms with van der Waals surface area (Å²) in [6, 6.07) is 8.21. The molecule has 0 bridgehead atoms. The maximum absolute atomic E-state index is 13.4. The van der Waals surface area contributed by atoms with Gasteiger partial charge in [0.2, 0.25) is 5.91 Å². The van der Waals surface area contributed by atoms with Gasteiger partial charge in [-0.2, -0.15) is 13.2 Å². The number of carboxylic acid groups (broad SMARTS) is 1. The lowest BCUT2D eigenvalue weighted by Crippen LogP contribution is -2.62. The second kappa shape index (κ2) is 13.1. The molecule has 8 nitrogen and oxygen atoms in total. The minimum Gasteiger partial charge on any atom is -0.475 e. The van der Waals surface area contributed by atoms with Gasteiger partial charge in [0.1, 0.15) is 0 Å². The number of likely N-dealkylation sites (tertiary alicyclic amines) is 2. The molecule has 0 radical (unpaired) electrons. The van der Waals surface area contributed by atoms with Gasteiger partial charge in [-0.15, -0.1) is 0 Å². The summed E-state index contributed by atoms with van der Waals surface area (Å²) in [5.74, 6) is -2.58. The van der Waals surface area contributed by atoms with Crippen molar-refractivity contribution < 1.29 is 32.7 Å². The van der Waals surface area contributed by atoms with Gasteiger partial charge in [-0.1, -0.05) is 29.8 Å². The Bertz CT molecular complexity index is 913. The number of amides is 3. The topological polar surface area (TPSA) is 102 Å². The molecule has 2 heterocycles. The summed E-state index contributed by atoms with van der Waals surface area (Å²) in [6.45, 7) is 9.36. The van der Waals surface area contributed by atoms with Gasteiger partial charge in [0.15, 0.2) is 0 Å². The number of urea groups is 1. The molecule has 0 aliphatic carbocycles. The molecule has 3 amide bonds. The normalized spacial score (nSPS) is 19.7. The first-order valence-corrected chi connectivity index (χ1v) is 12.6. The molecule has 1 aromatic rings. The number of nitrogens with zero attached hydrogens (tertiary/aromatic N) is 2. The molecule has 3 N–H and O–H groups in total. The van der Waals surface area contributed by atoms with Crippen LogP contribution in [0.15, 0.2) is 24.3 Å². The van der Waals surface area contributed by atoms with Crippen molar-refractivity contribution in [2.75, 3.05) is 33.2 Å². The van der Waals surface area contributed by atoms with Crippen LogP contribution in [-0.4, -0.2) is 84.3 Å². The van der Waals surface area contributed by atoms with Crippen molar-refractivity contribution in [3.63, 3.8) is 0 Å². The molecule has 1 spiro atoms. The predicted octanol–water partition coefficient (Wildman–Crippen LogP) is 3.58. The Morgan fingerprint density at radius 3 is 2.16 bits per heavy atom. The Morgan fingerprint density at radius 2 is 1.65 bits per heavy atom. The summed E-state index contributed by atoms with van der Waals surface area (Å²) >= 11 is 0. The van der Waals surface area contributed by atoms with Crippen LogP contribution in [0, 0.1) is 12.3 Å². The molecular formula is C26H39F3N4O4. The smallest absolute Gasteiger partial charge is 0.475 e. The van der Waals surface area contributed by atoms with Crippen LogP contribution in [0.5, 0.6) is 0 Å². The summed E-state index contributed by atoms with van der Waals surface area (Å²) < 4.78 is 31.7. The second-order valence-corrected chi connectivity index (χ2v) is 10.3. The van der Waals surface area contributed by atoms with Crippen LogP contribution in [0.2, 0.25) is 0 Å². The van der Waals surface area contributed by atoms with Gasteiger partial charge < -0.3 is 25.5 Å². The Labute approximate surface area is 216 Å². The molecule has 11 heteroatoms. The molecule has 3 rings (SSSR count). The van der Waals surface area contributed by atoms with E-state index in [-0.39, 0.29) is 29.4 Å². The third kappa shape index (κ3) is 9.21. The predicted molar refractivity (Wildman–Crippen MR) is 134 cm³/mol. The van der Waals surface area contributed by atoms with E-state index in [0.29, 0.717) is 13.0 Å². The van der Waals surface area contributed by atoms with Crippen molar-refractivity contribution in [2.24, 2.45) is 5.41 Å². The number of carbonyl (C=O) groups excluding carboxylic acids is 2. The molecule has 1 atom stereocenters. The SMILES string of the molecule is Cc1ccc(CC(=O)N2CCCC3(CCN(C)CC3)C2CNC(=O)NC(C)C)cc1.O=C(O)C(F)(F)F. The number of aliphatic carboxylic acids is 1. The van der Waals surface area contributed by atoms with Crippen molar-refractivity contribution in [1.29, 1.82) is 0 Å². The van der Waals surface area contributed by atoms with E-state index >= 15 is 0 Å². The minimum absolute atomic E-state index is 0.0517. The zero-order valence-electron chi connectivity index (χ0n) is 22.0. The van der Waals surface area contributed by atoms with E-state index in [0.717, 1.165) is 50.9 Å². The minimum atomic E-state index is -5.08. The standard InChI is InChI=1S/C24H38N4O2.C2HF3O2/c1-18(2)26-23(30)25-17-21-24(11-14-27(4)15-12-24)10-5-13-28(21)22(29)16-20-8-6-19(3)7-9-20;3-2(4,5)1(6)7/h6-9,18,21H,5,10-17H2,1-4H3,(H2,25,26,30);(H,6,7). The third-order valence-electron chi connectivity index (χ3n) is 7.05. The van der Waals surface area contributed by atoms with Crippen LogP contribution >= 0.6 is 0 Å². The van der Waals surface area contributed by atoms with Crippen molar-refractivity contribution in [3.05, 3.63) is 35.4 Å². The van der Waals surface area contributed by atoms with E-state index < -0.39 is 12.1 Å². The number of carboxylic acids is 1. The summed E-state index contributed by atoms with van der Waals surface area (Å²) in [5, 5.41) is 13.1. The molecule has 37 heavy (non-hydrogen) atoms. The number of halogens is 3.